The van der Waals surface area contributed by atoms with Gasteiger partial charge in [0.1, 0.15) is 6.17 Å². The van der Waals surface area contributed by atoms with Crippen LogP contribution in [0.4, 0.5) is 11.4 Å². The van der Waals surface area contributed by atoms with Gasteiger partial charge in [-0.3, -0.25) is 15.1 Å². The molecule has 94 valence electrons. The summed E-state index contributed by atoms with van der Waals surface area (Å²) >= 11 is 0. The number of rotatable bonds is 2. The van der Waals surface area contributed by atoms with Crippen LogP contribution in [0.25, 0.3) is 0 Å². The molecule has 0 spiro atoms. The number of aliphatic imine (C=N–C) groups is 1. The van der Waals surface area contributed by atoms with E-state index in [2.05, 4.69) is 10.3 Å². The van der Waals surface area contributed by atoms with Crippen molar-refractivity contribution in [1.29, 1.82) is 0 Å². The predicted octanol–water partition coefficient (Wildman–Crippen LogP) is 3.14. The van der Waals surface area contributed by atoms with Gasteiger partial charge in [0.25, 0.3) is 5.69 Å². The smallest absolute Gasteiger partial charge is 0.270 e. The summed E-state index contributed by atoms with van der Waals surface area (Å²) in [7, 11) is 0. The molecule has 5 heteroatoms. The van der Waals surface area contributed by atoms with Crippen LogP contribution >= 0.6 is 0 Å². The molecule has 0 amide bonds. The Morgan fingerprint density at radius 1 is 1.16 bits per heavy atom. The molecule has 0 saturated heterocycles. The lowest BCUT2D eigenvalue weighted by atomic mass is 10.1. The number of nitro benzene ring substituents is 1. The number of nitrogens with one attached hydrogen (secondary N) is 1. The first-order chi connectivity index (χ1) is 9.24. The van der Waals surface area contributed by atoms with E-state index in [-0.39, 0.29) is 11.9 Å². The zero-order valence-corrected chi connectivity index (χ0v) is 9.98. The van der Waals surface area contributed by atoms with Crippen LogP contribution in [0.1, 0.15) is 17.3 Å². The van der Waals surface area contributed by atoms with E-state index in [0.29, 0.717) is 0 Å². The van der Waals surface area contributed by atoms with Crippen molar-refractivity contribution in [3.8, 4) is 0 Å². The molecule has 3 rings (SSSR count). The summed E-state index contributed by atoms with van der Waals surface area (Å²) in [5, 5.41) is 14.0. The van der Waals surface area contributed by atoms with Crippen LogP contribution in [-0.2, 0) is 0 Å². The largest absolute Gasteiger partial charge is 0.360 e. The van der Waals surface area contributed by atoms with Gasteiger partial charge in [0, 0.05) is 29.6 Å². The maximum Gasteiger partial charge on any atom is 0.270 e. The lowest BCUT2D eigenvalue weighted by molar-refractivity contribution is -0.384. The Kier molecular flexibility index (Phi) is 2.72. The van der Waals surface area contributed by atoms with Crippen molar-refractivity contribution in [1.82, 2.24) is 0 Å². The van der Waals surface area contributed by atoms with Crippen LogP contribution in [0.15, 0.2) is 53.5 Å². The van der Waals surface area contributed by atoms with Gasteiger partial charge in [-0.25, -0.2) is 0 Å². The van der Waals surface area contributed by atoms with Gasteiger partial charge in [0.2, 0.25) is 0 Å². The molecule has 0 aromatic heterocycles. The van der Waals surface area contributed by atoms with Crippen molar-refractivity contribution in [3.05, 3.63) is 69.8 Å². The maximum absolute atomic E-state index is 10.7. The molecule has 1 aliphatic rings. The first-order valence-electron chi connectivity index (χ1n) is 5.87. The Bertz CT molecular complexity index is 653. The summed E-state index contributed by atoms with van der Waals surface area (Å²) in [4.78, 5) is 14.7. The van der Waals surface area contributed by atoms with E-state index in [1.54, 1.807) is 12.3 Å². The molecule has 0 saturated carbocycles. The fourth-order valence-electron chi connectivity index (χ4n) is 2.05. The second-order valence-corrected chi connectivity index (χ2v) is 4.26. The highest BCUT2D eigenvalue weighted by atomic mass is 16.6. The van der Waals surface area contributed by atoms with Crippen LogP contribution in [0.5, 0.6) is 0 Å². The minimum Gasteiger partial charge on any atom is -0.360 e. The Balaban J connectivity index is 1.92. The molecular weight excluding hydrogens is 242 g/mol. The van der Waals surface area contributed by atoms with Gasteiger partial charge >= 0.3 is 0 Å². The van der Waals surface area contributed by atoms with Gasteiger partial charge in [0.05, 0.1) is 4.92 Å². The minimum absolute atomic E-state index is 0.0742. The summed E-state index contributed by atoms with van der Waals surface area (Å²) in [6, 6.07) is 14.6. The minimum atomic E-state index is -0.405. The molecule has 0 fully saturated rings. The number of fused-ring (bicyclic) bond motifs is 1. The molecule has 0 aliphatic carbocycles. The molecule has 1 heterocycles. The number of anilines is 1. The second-order valence-electron chi connectivity index (χ2n) is 4.26. The van der Waals surface area contributed by atoms with Crippen LogP contribution in [0, 0.1) is 10.1 Å². The first-order valence-corrected chi connectivity index (χ1v) is 5.87. The molecule has 0 bridgehead atoms. The third-order valence-electron chi connectivity index (χ3n) is 3.02. The Morgan fingerprint density at radius 3 is 2.68 bits per heavy atom. The number of hydrogen-bond donors (Lipinski definition) is 1. The number of nitrogens with zero attached hydrogens (tertiary/aromatic N) is 2. The van der Waals surface area contributed by atoms with Gasteiger partial charge < -0.3 is 5.32 Å². The fourth-order valence-corrected chi connectivity index (χ4v) is 2.05. The molecule has 1 atom stereocenters. The highest BCUT2D eigenvalue weighted by Gasteiger charge is 2.17. The number of benzene rings is 2. The summed E-state index contributed by atoms with van der Waals surface area (Å²) in [5.41, 5.74) is 2.73. The van der Waals surface area contributed by atoms with E-state index in [9.17, 15) is 10.1 Å². The van der Waals surface area contributed by atoms with Crippen molar-refractivity contribution >= 4 is 17.6 Å². The van der Waals surface area contributed by atoms with Crippen molar-refractivity contribution in [2.45, 2.75) is 6.17 Å². The summed E-state index contributed by atoms with van der Waals surface area (Å²) in [6.07, 6.45) is 1.53. The normalized spacial score (nSPS) is 16.5. The van der Waals surface area contributed by atoms with Gasteiger partial charge in [0.15, 0.2) is 0 Å². The summed E-state index contributed by atoms with van der Waals surface area (Å²) in [5.74, 6) is 0. The molecule has 0 radical (unpaired) electrons. The molecule has 2 aromatic rings. The highest BCUT2D eigenvalue weighted by molar-refractivity contribution is 5.90. The monoisotopic (exact) mass is 253 g/mol. The van der Waals surface area contributed by atoms with Gasteiger partial charge in [-0.1, -0.05) is 30.3 Å². The van der Waals surface area contributed by atoms with Crippen LogP contribution < -0.4 is 5.32 Å². The summed E-state index contributed by atoms with van der Waals surface area (Å²) in [6.45, 7) is 0. The topological polar surface area (TPSA) is 67.5 Å². The Morgan fingerprint density at radius 2 is 1.95 bits per heavy atom. The van der Waals surface area contributed by atoms with Crippen LogP contribution in [0.3, 0.4) is 0 Å². The lowest BCUT2D eigenvalue weighted by Gasteiger charge is -2.21. The average molecular weight is 253 g/mol. The van der Waals surface area contributed by atoms with Crippen molar-refractivity contribution in [3.63, 3.8) is 0 Å². The molecule has 1 N–H and O–H groups in total. The third kappa shape index (κ3) is 2.18. The summed E-state index contributed by atoms with van der Waals surface area (Å²) < 4.78 is 0. The van der Waals surface area contributed by atoms with Crippen LogP contribution in [0.2, 0.25) is 0 Å². The lowest BCUT2D eigenvalue weighted by Crippen LogP contribution is -2.14. The average Bonchev–Trinajstić information content (AvgIpc) is 2.47. The van der Waals surface area contributed by atoms with Gasteiger partial charge in [-0.05, 0) is 11.6 Å². The number of nitro groups is 1. The highest BCUT2D eigenvalue weighted by Crippen LogP contribution is 2.29. The van der Waals surface area contributed by atoms with Gasteiger partial charge in [-0.2, -0.15) is 0 Å². The molecule has 2 aromatic carbocycles. The Labute approximate surface area is 109 Å². The van der Waals surface area contributed by atoms with Crippen molar-refractivity contribution < 1.29 is 4.92 Å². The zero-order valence-electron chi connectivity index (χ0n) is 9.98. The molecule has 5 nitrogen and oxygen atoms in total. The first kappa shape index (κ1) is 11.4. The third-order valence-corrected chi connectivity index (χ3v) is 3.02. The van der Waals surface area contributed by atoms with E-state index in [1.165, 1.54) is 12.1 Å². The SMILES string of the molecule is O=[N+]([O-])c1ccc2c(c1)C=NC(c1ccccc1)N2. The van der Waals surface area contributed by atoms with Crippen molar-refractivity contribution in [2.24, 2.45) is 4.99 Å². The predicted molar refractivity (Wildman–Crippen MR) is 73.5 cm³/mol. The van der Waals surface area contributed by atoms with E-state index < -0.39 is 4.92 Å². The number of hydrogen-bond acceptors (Lipinski definition) is 4. The Hall–Kier alpha value is -2.69. The molecular formula is C14H11N3O2. The van der Waals surface area contributed by atoms with E-state index >= 15 is 0 Å². The van der Waals surface area contributed by atoms with Crippen LogP contribution in [-0.4, -0.2) is 11.1 Å². The maximum atomic E-state index is 10.7. The van der Waals surface area contributed by atoms with E-state index in [1.807, 2.05) is 30.3 Å². The standard InChI is InChI=1S/C14H11N3O2/c18-17(19)12-6-7-13-11(8-12)9-15-14(16-13)10-4-2-1-3-5-10/h1-9,14,16H. The second kappa shape index (κ2) is 4.53. The molecule has 1 unspecified atom stereocenters. The quantitative estimate of drug-likeness (QED) is 0.660. The van der Waals surface area contributed by atoms with E-state index in [0.717, 1.165) is 16.8 Å². The van der Waals surface area contributed by atoms with E-state index in [4.69, 9.17) is 0 Å². The fraction of sp³-hybridized carbons (Fsp3) is 0.0714. The van der Waals surface area contributed by atoms with Gasteiger partial charge in [-0.15, -0.1) is 0 Å². The zero-order chi connectivity index (χ0) is 13.2. The molecule has 19 heavy (non-hydrogen) atoms. The number of non-ortho nitro benzene ring substituents is 1. The van der Waals surface area contributed by atoms with Crippen molar-refractivity contribution in [2.75, 3.05) is 5.32 Å². The molecule has 1 aliphatic heterocycles.